The summed E-state index contributed by atoms with van der Waals surface area (Å²) >= 11 is 3.48. The topological polar surface area (TPSA) is 88.4 Å². The number of methoxy groups -OCH3 is 2. The zero-order valence-corrected chi connectivity index (χ0v) is 26.5. The highest BCUT2D eigenvalue weighted by atomic mass is 127. The summed E-state index contributed by atoms with van der Waals surface area (Å²) in [4.78, 5) is 32.2. The Kier molecular flexibility index (Phi) is 9.12. The molecule has 0 unspecified atom stereocenters. The largest absolute Gasteiger partial charge is 0.497 e. The summed E-state index contributed by atoms with van der Waals surface area (Å²) in [5.74, 6) is 1.37. The summed E-state index contributed by atoms with van der Waals surface area (Å²) in [5, 5.41) is 0. The molecule has 0 N–H and O–H groups in total. The van der Waals surface area contributed by atoms with Gasteiger partial charge in [-0.3, -0.25) is 9.36 Å². The minimum absolute atomic E-state index is 0.209. The van der Waals surface area contributed by atoms with E-state index in [4.69, 9.17) is 18.9 Å². The predicted molar refractivity (Wildman–Crippen MR) is 170 cm³/mol. The van der Waals surface area contributed by atoms with E-state index in [9.17, 15) is 9.59 Å². The van der Waals surface area contributed by atoms with Crippen molar-refractivity contribution < 1.29 is 23.7 Å². The van der Waals surface area contributed by atoms with Crippen LogP contribution in [-0.2, 0) is 16.1 Å². The number of aromatic nitrogens is 1. The molecular weight excluding hydrogens is 667 g/mol. The lowest BCUT2D eigenvalue weighted by atomic mass is 9.96. The number of allylic oxidation sites excluding steroid dienone is 1. The third-order valence-corrected chi connectivity index (χ3v) is 8.51. The monoisotopic (exact) mass is 696 g/mol. The van der Waals surface area contributed by atoms with Crippen LogP contribution < -0.4 is 29.1 Å². The van der Waals surface area contributed by atoms with Crippen LogP contribution in [0, 0.1) is 3.57 Å². The second kappa shape index (κ2) is 13.0. The Balaban J connectivity index is 1.58. The van der Waals surface area contributed by atoms with Crippen molar-refractivity contribution in [1.29, 1.82) is 0 Å². The van der Waals surface area contributed by atoms with Crippen molar-refractivity contribution in [2.75, 3.05) is 20.8 Å². The zero-order chi connectivity index (χ0) is 29.8. The summed E-state index contributed by atoms with van der Waals surface area (Å²) in [6, 6.07) is 20.3. The van der Waals surface area contributed by atoms with Crippen molar-refractivity contribution in [2.45, 2.75) is 26.5 Å². The molecule has 10 heteroatoms. The average Bonchev–Trinajstić information content (AvgIpc) is 3.30. The Morgan fingerprint density at radius 2 is 1.81 bits per heavy atom. The van der Waals surface area contributed by atoms with Crippen molar-refractivity contribution in [3.8, 4) is 17.2 Å². The molecule has 0 radical (unpaired) electrons. The van der Waals surface area contributed by atoms with Gasteiger partial charge in [0.05, 0.1) is 46.2 Å². The zero-order valence-electron chi connectivity index (χ0n) is 23.5. The van der Waals surface area contributed by atoms with Crippen LogP contribution >= 0.6 is 33.9 Å². The van der Waals surface area contributed by atoms with Crippen LogP contribution in [0.4, 0.5) is 0 Å². The molecule has 0 amide bonds. The van der Waals surface area contributed by atoms with E-state index >= 15 is 0 Å². The minimum Gasteiger partial charge on any atom is -0.497 e. The highest BCUT2D eigenvalue weighted by Gasteiger charge is 2.33. The molecule has 216 valence electrons. The predicted octanol–water partition coefficient (Wildman–Crippen LogP) is 5.00. The van der Waals surface area contributed by atoms with Gasteiger partial charge in [0.25, 0.3) is 5.56 Å². The molecule has 0 aliphatic carbocycles. The average molecular weight is 697 g/mol. The molecule has 0 saturated carbocycles. The Morgan fingerprint density at radius 3 is 2.48 bits per heavy atom. The standard InChI is InChI=1S/C32H29IN2O6S/c1-5-40-31(37)27-19(2)34-32-35(28(27)22-11-13-23(38-3)14-12-22)30(36)26(42-32)17-21-15-24(33)29(25(16-21)39-4)41-18-20-9-7-6-8-10-20/h6-17,28H,5,18H2,1-4H3/b26-17-/t28-/m1/s1. The highest BCUT2D eigenvalue weighted by Crippen LogP contribution is 2.35. The third kappa shape index (κ3) is 6.00. The molecular formula is C32H29IN2O6S. The maximum atomic E-state index is 13.9. The number of hydrogen-bond donors (Lipinski definition) is 0. The van der Waals surface area contributed by atoms with E-state index in [2.05, 4.69) is 27.6 Å². The summed E-state index contributed by atoms with van der Waals surface area (Å²) in [5.41, 5.74) is 3.15. The maximum absolute atomic E-state index is 13.9. The summed E-state index contributed by atoms with van der Waals surface area (Å²) in [7, 11) is 3.18. The number of hydrogen-bond acceptors (Lipinski definition) is 8. The molecule has 1 aliphatic heterocycles. The van der Waals surface area contributed by atoms with E-state index in [0.29, 0.717) is 44.5 Å². The first-order valence-corrected chi connectivity index (χ1v) is 15.1. The van der Waals surface area contributed by atoms with Gasteiger partial charge in [-0.15, -0.1) is 0 Å². The van der Waals surface area contributed by atoms with Crippen LogP contribution in [0.2, 0.25) is 0 Å². The number of rotatable bonds is 9. The first-order valence-electron chi connectivity index (χ1n) is 13.2. The number of carbonyl (C=O) groups excluding carboxylic acids is 1. The molecule has 2 heterocycles. The first-order chi connectivity index (χ1) is 20.3. The smallest absolute Gasteiger partial charge is 0.338 e. The van der Waals surface area contributed by atoms with E-state index in [-0.39, 0.29) is 12.2 Å². The fourth-order valence-corrected chi connectivity index (χ4v) is 6.57. The Hall–Kier alpha value is -3.90. The van der Waals surface area contributed by atoms with Crippen molar-refractivity contribution >= 4 is 46.0 Å². The van der Waals surface area contributed by atoms with Gasteiger partial charge in [-0.1, -0.05) is 53.8 Å². The normalized spacial score (nSPS) is 14.7. The number of carbonyl (C=O) groups is 1. The molecule has 0 fully saturated rings. The van der Waals surface area contributed by atoms with E-state index in [1.54, 1.807) is 44.8 Å². The Bertz CT molecular complexity index is 1830. The fraction of sp³-hybridized carbons (Fsp3) is 0.219. The maximum Gasteiger partial charge on any atom is 0.338 e. The van der Waals surface area contributed by atoms with E-state index in [0.717, 1.165) is 20.3 Å². The summed E-state index contributed by atoms with van der Waals surface area (Å²) in [6.07, 6.45) is 1.81. The van der Waals surface area contributed by atoms with Gasteiger partial charge >= 0.3 is 5.97 Å². The molecule has 0 saturated heterocycles. The Morgan fingerprint density at radius 1 is 1.07 bits per heavy atom. The molecule has 4 aromatic rings. The molecule has 0 spiro atoms. The molecule has 42 heavy (non-hydrogen) atoms. The lowest BCUT2D eigenvalue weighted by Crippen LogP contribution is -2.39. The van der Waals surface area contributed by atoms with Gasteiger partial charge in [-0.2, -0.15) is 0 Å². The lowest BCUT2D eigenvalue weighted by Gasteiger charge is -2.24. The molecule has 8 nitrogen and oxygen atoms in total. The number of esters is 1. The van der Waals surface area contributed by atoms with E-state index in [1.165, 1.54) is 11.3 Å². The van der Waals surface area contributed by atoms with Crippen LogP contribution in [0.3, 0.4) is 0 Å². The van der Waals surface area contributed by atoms with Gasteiger partial charge in [0, 0.05) is 0 Å². The molecule has 5 rings (SSSR count). The number of thiazole rings is 1. The Labute approximate surface area is 260 Å². The number of benzene rings is 3. The van der Waals surface area contributed by atoms with Crippen LogP contribution in [0.5, 0.6) is 17.2 Å². The van der Waals surface area contributed by atoms with E-state index < -0.39 is 12.0 Å². The van der Waals surface area contributed by atoms with Crippen LogP contribution in [0.1, 0.15) is 36.6 Å². The summed E-state index contributed by atoms with van der Waals surface area (Å²) in [6.45, 7) is 4.12. The van der Waals surface area contributed by atoms with Crippen LogP contribution in [0.15, 0.2) is 87.8 Å². The van der Waals surface area contributed by atoms with Crippen molar-refractivity contribution in [2.24, 2.45) is 4.99 Å². The number of nitrogens with zero attached hydrogens (tertiary/aromatic N) is 2. The van der Waals surface area contributed by atoms with Gasteiger partial charge in [0.2, 0.25) is 0 Å². The lowest BCUT2D eigenvalue weighted by molar-refractivity contribution is -0.139. The van der Waals surface area contributed by atoms with Gasteiger partial charge in [0.15, 0.2) is 16.3 Å². The van der Waals surface area contributed by atoms with Crippen molar-refractivity contribution in [3.05, 3.63) is 118 Å². The summed E-state index contributed by atoms with van der Waals surface area (Å²) < 4.78 is 25.3. The number of fused-ring (bicyclic) bond motifs is 1. The van der Waals surface area contributed by atoms with Gasteiger partial charge in [0.1, 0.15) is 12.4 Å². The second-order valence-corrected chi connectivity index (χ2v) is 11.6. The molecule has 1 atom stereocenters. The third-order valence-electron chi connectivity index (χ3n) is 6.72. The molecule has 3 aromatic carbocycles. The molecule has 0 bridgehead atoms. The quantitative estimate of drug-likeness (QED) is 0.181. The second-order valence-electron chi connectivity index (χ2n) is 9.38. The van der Waals surface area contributed by atoms with E-state index in [1.807, 2.05) is 60.7 Å². The number of halogens is 1. The van der Waals surface area contributed by atoms with Gasteiger partial charge in [-0.05, 0) is 83.5 Å². The SMILES string of the molecule is CCOC(=O)C1=C(C)N=c2s/c(=C\c3cc(I)c(OCc4ccccc4)c(OC)c3)c(=O)n2[C@@H]1c1ccc(OC)cc1. The number of ether oxygens (including phenoxy) is 4. The van der Waals surface area contributed by atoms with Gasteiger partial charge in [-0.25, -0.2) is 9.79 Å². The first kappa shape index (κ1) is 29.6. The molecule has 1 aromatic heterocycles. The van der Waals surface area contributed by atoms with Gasteiger partial charge < -0.3 is 18.9 Å². The van der Waals surface area contributed by atoms with Crippen LogP contribution in [0.25, 0.3) is 6.08 Å². The fourth-order valence-electron chi connectivity index (χ4n) is 4.74. The highest BCUT2D eigenvalue weighted by molar-refractivity contribution is 14.1. The van der Waals surface area contributed by atoms with Crippen molar-refractivity contribution in [3.63, 3.8) is 0 Å². The molecule has 1 aliphatic rings. The van der Waals surface area contributed by atoms with Crippen LogP contribution in [-0.4, -0.2) is 31.4 Å². The van der Waals surface area contributed by atoms with Crippen molar-refractivity contribution in [1.82, 2.24) is 4.57 Å². The minimum atomic E-state index is -0.697.